The molecule has 4 nitrogen and oxygen atoms in total. The molecule has 1 fully saturated rings. The highest BCUT2D eigenvalue weighted by Crippen LogP contribution is 2.28. The van der Waals surface area contributed by atoms with E-state index in [4.69, 9.17) is 23.2 Å². The first kappa shape index (κ1) is 20.3. The second-order valence-corrected chi connectivity index (χ2v) is 8.33. The van der Waals surface area contributed by atoms with Gasteiger partial charge in [0.2, 0.25) is 5.91 Å². The maximum Gasteiger partial charge on any atom is 0.222 e. The summed E-state index contributed by atoms with van der Waals surface area (Å²) in [7, 11) is 0. The van der Waals surface area contributed by atoms with Crippen molar-refractivity contribution in [2.45, 2.75) is 32.4 Å². The molecule has 1 aromatic heterocycles. The van der Waals surface area contributed by atoms with Crippen LogP contribution in [0.5, 0.6) is 0 Å². The summed E-state index contributed by atoms with van der Waals surface area (Å²) in [6.07, 6.45) is 4.87. The van der Waals surface area contributed by atoms with Crippen LogP contribution in [0.15, 0.2) is 48.7 Å². The van der Waals surface area contributed by atoms with E-state index in [0.29, 0.717) is 28.9 Å². The lowest BCUT2D eigenvalue weighted by Crippen LogP contribution is -2.28. The summed E-state index contributed by atoms with van der Waals surface area (Å²) in [6, 6.07) is 14.0. The molecule has 0 bridgehead atoms. The Bertz CT molecular complexity index is 994. The monoisotopic (exact) mass is 429 g/mol. The van der Waals surface area contributed by atoms with Crippen molar-refractivity contribution in [3.63, 3.8) is 0 Å². The van der Waals surface area contributed by atoms with Crippen molar-refractivity contribution in [2.75, 3.05) is 19.6 Å². The summed E-state index contributed by atoms with van der Waals surface area (Å²) in [5.41, 5.74) is 3.36. The fraction of sp³-hybridized carbons (Fsp3) is 0.348. The van der Waals surface area contributed by atoms with Gasteiger partial charge in [0.25, 0.3) is 0 Å². The molecular weight excluding hydrogens is 405 g/mol. The molecule has 1 amide bonds. The molecule has 29 heavy (non-hydrogen) atoms. The molecule has 6 heteroatoms. The van der Waals surface area contributed by atoms with E-state index in [-0.39, 0.29) is 0 Å². The fourth-order valence-corrected chi connectivity index (χ4v) is 4.52. The molecule has 1 aliphatic heterocycles. The summed E-state index contributed by atoms with van der Waals surface area (Å²) >= 11 is 12.8. The van der Waals surface area contributed by atoms with Crippen LogP contribution in [-0.2, 0) is 17.9 Å². The molecule has 0 unspecified atom stereocenters. The van der Waals surface area contributed by atoms with Crippen molar-refractivity contribution in [3.05, 3.63) is 69.8 Å². The average Bonchev–Trinajstić information content (AvgIpc) is 3.28. The Hall–Kier alpha value is -2.01. The number of hydrogen-bond acceptors (Lipinski definition) is 2. The van der Waals surface area contributed by atoms with Crippen molar-refractivity contribution in [1.82, 2.24) is 14.8 Å². The fourth-order valence-electron chi connectivity index (χ4n) is 4.01. The maximum atomic E-state index is 11.7. The molecule has 1 aliphatic rings. The average molecular weight is 430 g/mol. The first-order valence-corrected chi connectivity index (χ1v) is 10.9. The van der Waals surface area contributed by atoms with E-state index in [0.717, 1.165) is 44.6 Å². The van der Waals surface area contributed by atoms with E-state index in [1.54, 1.807) is 0 Å². The molecule has 1 N–H and O–H groups in total. The second-order valence-electron chi connectivity index (χ2n) is 7.51. The SMILES string of the molecule is O=C1CCCN1CCCNCc1cn(Cc2c(Cl)cccc2Cl)c2ccccc12. The lowest BCUT2D eigenvalue weighted by atomic mass is 10.2. The number of carbonyl (C=O) groups is 1. The van der Waals surface area contributed by atoms with Gasteiger partial charge in [0.05, 0.1) is 6.54 Å². The van der Waals surface area contributed by atoms with Gasteiger partial charge >= 0.3 is 0 Å². The van der Waals surface area contributed by atoms with Crippen LogP contribution in [0.4, 0.5) is 0 Å². The van der Waals surface area contributed by atoms with Gasteiger partial charge in [-0.3, -0.25) is 4.79 Å². The van der Waals surface area contributed by atoms with E-state index in [1.807, 2.05) is 23.1 Å². The first-order chi connectivity index (χ1) is 14.1. The van der Waals surface area contributed by atoms with E-state index < -0.39 is 0 Å². The summed E-state index contributed by atoms with van der Waals surface area (Å²) in [5.74, 6) is 0.298. The predicted molar refractivity (Wildman–Crippen MR) is 120 cm³/mol. The van der Waals surface area contributed by atoms with Crippen LogP contribution in [0.3, 0.4) is 0 Å². The Morgan fingerprint density at radius 1 is 1.03 bits per heavy atom. The zero-order valence-electron chi connectivity index (χ0n) is 16.3. The molecule has 3 aromatic rings. The van der Waals surface area contributed by atoms with Crippen molar-refractivity contribution in [2.24, 2.45) is 0 Å². The van der Waals surface area contributed by atoms with Gasteiger partial charge in [-0.05, 0) is 43.1 Å². The molecule has 4 rings (SSSR count). The zero-order valence-corrected chi connectivity index (χ0v) is 17.8. The van der Waals surface area contributed by atoms with Crippen LogP contribution in [0.25, 0.3) is 10.9 Å². The van der Waals surface area contributed by atoms with Crippen LogP contribution in [0, 0.1) is 0 Å². The van der Waals surface area contributed by atoms with Crippen molar-refractivity contribution < 1.29 is 4.79 Å². The van der Waals surface area contributed by atoms with Crippen LogP contribution >= 0.6 is 23.2 Å². The molecule has 0 atom stereocenters. The Morgan fingerprint density at radius 3 is 2.59 bits per heavy atom. The maximum absolute atomic E-state index is 11.7. The van der Waals surface area contributed by atoms with E-state index >= 15 is 0 Å². The van der Waals surface area contributed by atoms with Gasteiger partial charge in [-0.25, -0.2) is 0 Å². The van der Waals surface area contributed by atoms with Gasteiger partial charge in [-0.15, -0.1) is 0 Å². The largest absolute Gasteiger partial charge is 0.343 e. The van der Waals surface area contributed by atoms with Crippen LogP contribution in [-0.4, -0.2) is 35.0 Å². The minimum atomic E-state index is 0.298. The third-order valence-corrected chi connectivity index (χ3v) is 6.24. The number of nitrogens with zero attached hydrogens (tertiary/aromatic N) is 2. The molecule has 0 spiro atoms. The van der Waals surface area contributed by atoms with Crippen LogP contribution in [0.2, 0.25) is 10.0 Å². The minimum absolute atomic E-state index is 0.298. The number of benzene rings is 2. The van der Waals surface area contributed by atoms with Crippen LogP contribution in [0.1, 0.15) is 30.4 Å². The lowest BCUT2D eigenvalue weighted by molar-refractivity contribution is -0.127. The third kappa shape index (κ3) is 4.61. The number of amides is 1. The quantitative estimate of drug-likeness (QED) is 0.505. The van der Waals surface area contributed by atoms with Crippen molar-refractivity contribution >= 4 is 40.0 Å². The van der Waals surface area contributed by atoms with Gasteiger partial charge in [-0.1, -0.05) is 47.5 Å². The lowest BCUT2D eigenvalue weighted by Gasteiger charge is -2.15. The van der Waals surface area contributed by atoms with Crippen LogP contribution < -0.4 is 5.32 Å². The zero-order chi connectivity index (χ0) is 20.2. The minimum Gasteiger partial charge on any atom is -0.343 e. The molecule has 0 radical (unpaired) electrons. The number of hydrogen-bond donors (Lipinski definition) is 1. The van der Waals surface area contributed by atoms with Gasteiger partial charge in [0.15, 0.2) is 0 Å². The summed E-state index contributed by atoms with van der Waals surface area (Å²) in [6.45, 7) is 4.07. The van der Waals surface area contributed by atoms with E-state index in [9.17, 15) is 4.79 Å². The van der Waals surface area contributed by atoms with Crippen molar-refractivity contribution in [1.29, 1.82) is 0 Å². The number of para-hydroxylation sites is 1. The Kier molecular flexibility index (Phi) is 6.43. The number of nitrogens with one attached hydrogen (secondary N) is 1. The van der Waals surface area contributed by atoms with E-state index in [1.165, 1.54) is 16.5 Å². The molecule has 0 aliphatic carbocycles. The molecule has 2 heterocycles. The number of halogens is 2. The number of aromatic nitrogens is 1. The smallest absolute Gasteiger partial charge is 0.222 e. The molecule has 152 valence electrons. The van der Waals surface area contributed by atoms with Gasteiger partial charge in [0.1, 0.15) is 0 Å². The molecule has 1 saturated heterocycles. The molecule has 0 saturated carbocycles. The number of likely N-dealkylation sites (tertiary alicyclic amines) is 1. The van der Waals surface area contributed by atoms with Crippen molar-refractivity contribution in [3.8, 4) is 0 Å². The highest BCUT2D eigenvalue weighted by Gasteiger charge is 2.19. The highest BCUT2D eigenvalue weighted by molar-refractivity contribution is 6.36. The Morgan fingerprint density at radius 2 is 1.83 bits per heavy atom. The number of fused-ring (bicyclic) bond motifs is 1. The topological polar surface area (TPSA) is 37.3 Å². The van der Waals surface area contributed by atoms with Gasteiger partial charge < -0.3 is 14.8 Å². The number of carbonyl (C=O) groups excluding carboxylic acids is 1. The normalized spacial score (nSPS) is 14.3. The predicted octanol–water partition coefficient (Wildman–Crippen LogP) is 5.10. The summed E-state index contributed by atoms with van der Waals surface area (Å²) < 4.78 is 2.21. The first-order valence-electron chi connectivity index (χ1n) is 10.1. The highest BCUT2D eigenvalue weighted by atomic mass is 35.5. The number of rotatable bonds is 8. The Labute approximate surface area is 181 Å². The van der Waals surface area contributed by atoms with E-state index in [2.05, 4.69) is 40.3 Å². The standard InChI is InChI=1S/C23H25Cl2N3O/c24-20-7-3-8-21(25)19(20)16-28-15-17(18-6-1-2-9-22(18)28)14-26-11-5-13-27-12-4-10-23(27)29/h1-3,6-9,15,26H,4-5,10-14,16H2. The Balaban J connectivity index is 1.43. The second kappa shape index (κ2) is 9.21. The summed E-state index contributed by atoms with van der Waals surface area (Å²) in [4.78, 5) is 13.7. The van der Waals surface area contributed by atoms with Gasteiger partial charge in [-0.2, -0.15) is 0 Å². The summed E-state index contributed by atoms with van der Waals surface area (Å²) in [5, 5.41) is 6.14. The van der Waals surface area contributed by atoms with Gasteiger partial charge in [0, 0.05) is 58.8 Å². The molecule has 2 aromatic carbocycles. The third-order valence-electron chi connectivity index (χ3n) is 5.53. The molecular formula is C23H25Cl2N3O.